The third-order valence-electron chi connectivity index (χ3n) is 14.7. The highest BCUT2D eigenvalue weighted by Gasteiger charge is 2.39. The fourth-order valence-electron chi connectivity index (χ4n) is 10.9. The van der Waals surface area contributed by atoms with Gasteiger partial charge in [0.2, 0.25) is 0 Å². The van der Waals surface area contributed by atoms with Gasteiger partial charge in [0, 0.05) is 16.7 Å². The summed E-state index contributed by atoms with van der Waals surface area (Å²) in [5.41, 5.74) is 25.9. The molecule has 0 amide bonds. The van der Waals surface area contributed by atoms with Crippen LogP contribution in [0.5, 0.6) is 0 Å². The monoisotopic (exact) mass is 837 g/mol. The predicted octanol–water partition coefficient (Wildman–Crippen LogP) is 18.1. The number of allylic oxidation sites excluding steroid dienone is 4. The molecule has 0 fully saturated rings. The van der Waals surface area contributed by atoms with Crippen molar-refractivity contribution in [3.05, 3.63) is 231 Å². The van der Waals surface area contributed by atoms with Crippen molar-refractivity contribution in [2.24, 2.45) is 0 Å². The van der Waals surface area contributed by atoms with Gasteiger partial charge in [0.15, 0.2) is 0 Å². The minimum absolute atomic E-state index is 0.132. The largest absolute Gasteiger partial charge is 0.0763 e. The first kappa shape index (κ1) is 44.6. The number of hydrogen-bond donors (Lipinski definition) is 0. The van der Waals surface area contributed by atoms with Crippen LogP contribution >= 0.6 is 0 Å². The van der Waals surface area contributed by atoms with Crippen molar-refractivity contribution in [1.29, 1.82) is 0 Å². The number of hydrogen-bond acceptors (Lipinski definition) is 0. The lowest BCUT2D eigenvalue weighted by atomic mass is 9.77. The molecule has 2 unspecified atom stereocenters. The molecule has 0 aliphatic heterocycles. The van der Waals surface area contributed by atoms with Crippen LogP contribution in [0.2, 0.25) is 0 Å². The summed E-state index contributed by atoms with van der Waals surface area (Å²) in [5.74, 6) is 1.63. The Morgan fingerprint density at radius 1 is 0.516 bits per heavy atom. The Labute approximate surface area is 385 Å². The summed E-state index contributed by atoms with van der Waals surface area (Å²) in [6.45, 7) is 25.2. The molecular weight excluding hydrogens is 769 g/mol. The van der Waals surface area contributed by atoms with Crippen LogP contribution in [-0.4, -0.2) is 0 Å². The second-order valence-electron chi connectivity index (χ2n) is 19.9. The van der Waals surface area contributed by atoms with Crippen LogP contribution in [0.1, 0.15) is 142 Å². The van der Waals surface area contributed by atoms with E-state index in [1.807, 2.05) is 0 Å². The Bertz CT molecular complexity index is 2850. The minimum atomic E-state index is 0.132. The van der Waals surface area contributed by atoms with Crippen molar-refractivity contribution < 1.29 is 0 Å². The Hall–Kier alpha value is -5.98. The molecule has 64 heavy (non-hydrogen) atoms. The van der Waals surface area contributed by atoms with Gasteiger partial charge in [-0.3, -0.25) is 0 Å². The second-order valence-corrected chi connectivity index (χ2v) is 19.9. The summed E-state index contributed by atoms with van der Waals surface area (Å²) < 4.78 is 0. The van der Waals surface area contributed by atoms with Gasteiger partial charge in [-0.2, -0.15) is 0 Å². The Morgan fingerprint density at radius 2 is 1.06 bits per heavy atom. The van der Waals surface area contributed by atoms with E-state index in [9.17, 15) is 0 Å². The molecule has 0 saturated heterocycles. The van der Waals surface area contributed by atoms with Gasteiger partial charge in [-0.05, 0) is 140 Å². The van der Waals surface area contributed by atoms with Crippen molar-refractivity contribution in [1.82, 2.24) is 0 Å². The van der Waals surface area contributed by atoms with Crippen LogP contribution in [-0.2, 0) is 10.8 Å². The zero-order chi connectivity index (χ0) is 45.3. The Morgan fingerprint density at radius 3 is 1.70 bits per heavy atom. The van der Waals surface area contributed by atoms with Gasteiger partial charge in [-0.25, -0.2) is 0 Å². The molecule has 324 valence electrons. The normalized spacial score (nSPS) is 16.4. The van der Waals surface area contributed by atoms with Crippen LogP contribution in [0, 0.1) is 20.8 Å². The maximum atomic E-state index is 2.41. The Balaban J connectivity index is 0.000000133. The molecule has 0 N–H and O–H groups in total. The fraction of sp³-hybridized carbons (Fsp3) is 0.281. The van der Waals surface area contributed by atoms with E-state index in [1.165, 1.54) is 94.6 Å². The van der Waals surface area contributed by atoms with Gasteiger partial charge < -0.3 is 0 Å². The average molecular weight is 837 g/mol. The fourth-order valence-corrected chi connectivity index (χ4v) is 10.9. The maximum absolute atomic E-state index is 2.41. The molecule has 3 aliphatic carbocycles. The highest BCUT2D eigenvalue weighted by Crippen LogP contribution is 2.53. The first-order valence-electron chi connectivity index (χ1n) is 23.8. The zero-order valence-corrected chi connectivity index (χ0v) is 40.3. The van der Waals surface area contributed by atoms with E-state index in [0.717, 1.165) is 12.8 Å². The van der Waals surface area contributed by atoms with Crippen LogP contribution < -0.4 is 0 Å². The van der Waals surface area contributed by atoms with Crippen molar-refractivity contribution in [2.45, 2.75) is 118 Å². The summed E-state index contributed by atoms with van der Waals surface area (Å²) in [4.78, 5) is 0. The smallest absolute Gasteiger partial charge is 0.0161 e. The molecule has 0 radical (unpaired) electrons. The van der Waals surface area contributed by atoms with E-state index in [0.29, 0.717) is 17.8 Å². The lowest BCUT2D eigenvalue weighted by Gasteiger charge is -2.26. The van der Waals surface area contributed by atoms with Crippen LogP contribution in [0.4, 0.5) is 0 Å². The van der Waals surface area contributed by atoms with E-state index in [4.69, 9.17) is 0 Å². The van der Waals surface area contributed by atoms with E-state index in [1.54, 1.807) is 5.57 Å². The third kappa shape index (κ3) is 8.29. The van der Waals surface area contributed by atoms with Crippen molar-refractivity contribution >= 4 is 5.57 Å². The topological polar surface area (TPSA) is 0 Å². The van der Waals surface area contributed by atoms with E-state index < -0.39 is 0 Å². The molecule has 10 rings (SSSR count). The summed E-state index contributed by atoms with van der Waals surface area (Å²) in [5, 5.41) is 0. The lowest BCUT2D eigenvalue weighted by molar-refractivity contribution is 0.642. The van der Waals surface area contributed by atoms with E-state index in [-0.39, 0.29) is 10.8 Å². The molecular formula is C64H68. The van der Waals surface area contributed by atoms with Crippen molar-refractivity contribution in [3.8, 4) is 33.4 Å². The van der Waals surface area contributed by atoms with Gasteiger partial charge in [0.1, 0.15) is 0 Å². The zero-order valence-electron chi connectivity index (χ0n) is 40.3. The molecule has 3 aliphatic rings. The summed E-state index contributed by atoms with van der Waals surface area (Å²) >= 11 is 0. The highest BCUT2D eigenvalue weighted by molar-refractivity contribution is 5.88. The summed E-state index contributed by atoms with van der Waals surface area (Å²) in [7, 11) is 0. The summed E-state index contributed by atoms with van der Waals surface area (Å²) in [6, 6.07) is 57.7. The van der Waals surface area contributed by atoms with Gasteiger partial charge in [0.25, 0.3) is 0 Å². The molecule has 7 aromatic rings. The highest BCUT2D eigenvalue weighted by atomic mass is 14.4. The third-order valence-corrected chi connectivity index (χ3v) is 14.7. The van der Waals surface area contributed by atoms with Gasteiger partial charge >= 0.3 is 0 Å². The van der Waals surface area contributed by atoms with Gasteiger partial charge in [-0.1, -0.05) is 231 Å². The molecule has 0 bridgehead atoms. The summed E-state index contributed by atoms with van der Waals surface area (Å²) in [6.07, 6.45) is 7.07. The molecule has 0 heterocycles. The van der Waals surface area contributed by atoms with Crippen LogP contribution in [0.25, 0.3) is 39.0 Å². The standard InChI is InChI=1S/C24H26.C22H22.C18H20/c1-5-18(3)21-11-8-12-23(20-15-13-17(2)14-16-20)24(21)22-10-7-6-9-19(22)4;1-15-8-4-5-9-17(15)16-12-13-21-19(14-16)18-10-6-7-11-20(18)22(21,2)3;1-12(2)13-9-7-10-15-14-8-5-6-11-16(14)18(3,4)17(13)15/h6-16,18H,5H2,1-4H3;4-13,16H,14H2,1-3H3;5-12H,1-4H3. The molecule has 2 atom stereocenters. The number of benzene rings is 7. The van der Waals surface area contributed by atoms with Crippen molar-refractivity contribution in [2.75, 3.05) is 0 Å². The minimum Gasteiger partial charge on any atom is -0.0763 e. The maximum Gasteiger partial charge on any atom is 0.0161 e. The number of rotatable bonds is 6. The van der Waals surface area contributed by atoms with E-state index >= 15 is 0 Å². The van der Waals surface area contributed by atoms with Crippen LogP contribution in [0.3, 0.4) is 0 Å². The van der Waals surface area contributed by atoms with Crippen molar-refractivity contribution in [3.63, 3.8) is 0 Å². The van der Waals surface area contributed by atoms with E-state index in [2.05, 4.69) is 246 Å². The first-order chi connectivity index (χ1) is 30.7. The molecule has 0 heteroatoms. The molecule has 0 spiro atoms. The number of aryl methyl sites for hydroxylation is 3. The molecule has 7 aromatic carbocycles. The van der Waals surface area contributed by atoms with Crippen LogP contribution in [0.15, 0.2) is 175 Å². The van der Waals surface area contributed by atoms with Gasteiger partial charge in [0.05, 0.1) is 0 Å². The molecule has 0 saturated carbocycles. The quantitative estimate of drug-likeness (QED) is 0.157. The second kappa shape index (κ2) is 18.3. The predicted molar refractivity (Wildman–Crippen MR) is 278 cm³/mol. The number of fused-ring (bicyclic) bond motifs is 5. The molecule has 0 nitrogen and oxygen atoms in total. The first-order valence-corrected chi connectivity index (χ1v) is 23.8. The molecule has 0 aromatic heterocycles. The Kier molecular flexibility index (Phi) is 12.7. The SMILES string of the molecule is CC(C)c1cccc2c1C(C)(C)c1ccccc1-2.CCC(C)c1cccc(-c2ccc(C)cc2)c1-c1ccccc1C.Cc1ccccc1C1C=CC2=C(C1)c1ccccc1C2(C)C. The average Bonchev–Trinajstić information content (AvgIpc) is 3.69. The van der Waals surface area contributed by atoms with Gasteiger partial charge in [-0.15, -0.1) is 0 Å². The lowest BCUT2D eigenvalue weighted by Crippen LogP contribution is -2.17.